The highest BCUT2D eigenvalue weighted by molar-refractivity contribution is 5.16. The van der Waals surface area contributed by atoms with E-state index in [4.69, 9.17) is 10.2 Å². The molecule has 0 amide bonds. The average molecular weight is 257 g/mol. The zero-order chi connectivity index (χ0) is 13.1. The van der Waals surface area contributed by atoms with Gasteiger partial charge in [-0.3, -0.25) is 4.90 Å². The summed E-state index contributed by atoms with van der Waals surface area (Å²) in [6.07, 6.45) is 4.12. The Balaban J connectivity index is 1.65. The lowest BCUT2D eigenvalue weighted by molar-refractivity contribution is 0.189. The van der Waals surface area contributed by atoms with Gasteiger partial charge in [-0.2, -0.15) is 0 Å². The van der Waals surface area contributed by atoms with Gasteiger partial charge in [-0.05, 0) is 24.9 Å². The molecule has 2 N–H and O–H groups in total. The van der Waals surface area contributed by atoms with Gasteiger partial charge in [-0.1, -0.05) is 30.3 Å². The molecular formula is C15H19N3O. The van der Waals surface area contributed by atoms with E-state index < -0.39 is 0 Å². The van der Waals surface area contributed by atoms with Gasteiger partial charge < -0.3 is 10.2 Å². The molecule has 100 valence electrons. The number of oxazole rings is 1. The topological polar surface area (TPSA) is 55.3 Å². The molecule has 3 rings (SSSR count). The molecule has 1 saturated heterocycles. The van der Waals surface area contributed by atoms with Crippen molar-refractivity contribution in [1.82, 2.24) is 9.88 Å². The summed E-state index contributed by atoms with van der Waals surface area (Å²) in [5.41, 5.74) is 6.91. The minimum Gasteiger partial charge on any atom is -0.429 e. The Bertz CT molecular complexity index is 523. The first kappa shape index (κ1) is 12.2. The quantitative estimate of drug-likeness (QED) is 0.918. The van der Waals surface area contributed by atoms with E-state index in [1.165, 1.54) is 12.0 Å². The fourth-order valence-corrected chi connectivity index (χ4v) is 2.76. The Morgan fingerprint density at radius 2 is 2.16 bits per heavy atom. The Morgan fingerprint density at radius 1 is 1.32 bits per heavy atom. The van der Waals surface area contributed by atoms with Gasteiger partial charge in [0, 0.05) is 19.0 Å². The van der Waals surface area contributed by atoms with Crippen LogP contribution in [-0.2, 0) is 6.54 Å². The first-order valence-corrected chi connectivity index (χ1v) is 6.79. The van der Waals surface area contributed by atoms with Gasteiger partial charge in [0.05, 0.1) is 6.20 Å². The number of nitrogen functional groups attached to an aromatic ring is 1. The lowest BCUT2D eigenvalue weighted by Gasteiger charge is -2.31. The predicted octanol–water partition coefficient (Wildman–Crippen LogP) is 2.64. The smallest absolute Gasteiger partial charge is 0.292 e. The van der Waals surface area contributed by atoms with Gasteiger partial charge in [0.2, 0.25) is 0 Å². The van der Waals surface area contributed by atoms with Crippen molar-refractivity contribution in [2.75, 3.05) is 18.8 Å². The number of likely N-dealkylation sites (tertiary alicyclic amines) is 1. The van der Waals surface area contributed by atoms with Crippen LogP contribution in [0.4, 0.5) is 6.01 Å². The molecule has 19 heavy (non-hydrogen) atoms. The molecule has 1 unspecified atom stereocenters. The predicted molar refractivity (Wildman–Crippen MR) is 74.6 cm³/mol. The van der Waals surface area contributed by atoms with Crippen molar-refractivity contribution in [2.45, 2.75) is 25.3 Å². The minimum absolute atomic E-state index is 0.273. The Labute approximate surface area is 113 Å². The third-order valence-electron chi connectivity index (χ3n) is 3.70. The number of nitrogens with zero attached hydrogens (tertiary/aromatic N) is 2. The maximum absolute atomic E-state index is 5.55. The molecule has 0 bridgehead atoms. The SMILES string of the molecule is Nc1ncc(C2CCCN(Cc3ccccc3)C2)o1. The molecule has 0 spiro atoms. The first-order chi connectivity index (χ1) is 9.31. The third kappa shape index (κ3) is 2.96. The van der Waals surface area contributed by atoms with Crippen LogP contribution in [0.1, 0.15) is 30.1 Å². The van der Waals surface area contributed by atoms with Crippen LogP contribution in [0.25, 0.3) is 0 Å². The molecule has 1 aromatic carbocycles. The highest BCUT2D eigenvalue weighted by Gasteiger charge is 2.24. The highest BCUT2D eigenvalue weighted by atomic mass is 16.4. The average Bonchev–Trinajstić information content (AvgIpc) is 2.87. The van der Waals surface area contributed by atoms with Crippen molar-refractivity contribution in [3.05, 3.63) is 47.9 Å². The van der Waals surface area contributed by atoms with Crippen LogP contribution in [0.2, 0.25) is 0 Å². The Morgan fingerprint density at radius 3 is 2.89 bits per heavy atom. The zero-order valence-corrected chi connectivity index (χ0v) is 11.0. The molecule has 1 aliphatic heterocycles. The molecular weight excluding hydrogens is 238 g/mol. The fourth-order valence-electron chi connectivity index (χ4n) is 2.76. The van der Waals surface area contributed by atoms with Crippen LogP contribution in [0.3, 0.4) is 0 Å². The molecule has 0 radical (unpaired) electrons. The summed E-state index contributed by atoms with van der Waals surface area (Å²) >= 11 is 0. The van der Waals surface area contributed by atoms with E-state index in [-0.39, 0.29) is 6.01 Å². The van der Waals surface area contributed by atoms with Crippen LogP contribution >= 0.6 is 0 Å². The van der Waals surface area contributed by atoms with Gasteiger partial charge in [0.1, 0.15) is 5.76 Å². The molecule has 0 saturated carbocycles. The maximum atomic E-state index is 5.55. The minimum atomic E-state index is 0.273. The largest absolute Gasteiger partial charge is 0.429 e. The molecule has 4 heteroatoms. The van der Waals surface area contributed by atoms with E-state index in [0.717, 1.165) is 31.8 Å². The van der Waals surface area contributed by atoms with Crippen LogP contribution in [-0.4, -0.2) is 23.0 Å². The normalized spacial score (nSPS) is 20.5. The standard InChI is InChI=1S/C15H19N3O/c16-15-17-9-14(19-15)13-7-4-8-18(11-13)10-12-5-2-1-3-6-12/h1-3,5-6,9,13H,4,7-8,10-11H2,(H2,16,17). The van der Waals surface area contributed by atoms with E-state index in [0.29, 0.717) is 5.92 Å². The maximum Gasteiger partial charge on any atom is 0.292 e. The van der Waals surface area contributed by atoms with Crippen molar-refractivity contribution in [3.63, 3.8) is 0 Å². The van der Waals surface area contributed by atoms with Gasteiger partial charge >= 0.3 is 0 Å². The summed E-state index contributed by atoms with van der Waals surface area (Å²) in [7, 11) is 0. The molecule has 4 nitrogen and oxygen atoms in total. The number of benzene rings is 1. The number of rotatable bonds is 3. The van der Waals surface area contributed by atoms with E-state index in [1.54, 1.807) is 6.20 Å². The van der Waals surface area contributed by atoms with Crippen molar-refractivity contribution in [2.24, 2.45) is 0 Å². The lowest BCUT2D eigenvalue weighted by Crippen LogP contribution is -2.33. The molecule has 2 aromatic rings. The second-order valence-electron chi connectivity index (χ2n) is 5.16. The van der Waals surface area contributed by atoms with Crippen LogP contribution < -0.4 is 5.73 Å². The molecule has 1 fully saturated rings. The summed E-state index contributed by atoms with van der Waals surface area (Å²) < 4.78 is 5.46. The highest BCUT2D eigenvalue weighted by Crippen LogP contribution is 2.28. The van der Waals surface area contributed by atoms with E-state index >= 15 is 0 Å². The second-order valence-corrected chi connectivity index (χ2v) is 5.16. The van der Waals surface area contributed by atoms with E-state index in [1.807, 2.05) is 0 Å². The first-order valence-electron chi connectivity index (χ1n) is 6.79. The van der Waals surface area contributed by atoms with Crippen molar-refractivity contribution >= 4 is 6.01 Å². The van der Waals surface area contributed by atoms with Gasteiger partial charge in [0.25, 0.3) is 6.01 Å². The van der Waals surface area contributed by atoms with Crippen LogP contribution in [0.5, 0.6) is 0 Å². The molecule has 2 heterocycles. The van der Waals surface area contributed by atoms with Gasteiger partial charge in [0.15, 0.2) is 0 Å². The van der Waals surface area contributed by atoms with Crippen molar-refractivity contribution in [3.8, 4) is 0 Å². The lowest BCUT2D eigenvalue weighted by atomic mass is 9.95. The second kappa shape index (κ2) is 5.45. The monoisotopic (exact) mass is 257 g/mol. The number of nitrogens with two attached hydrogens (primary N) is 1. The van der Waals surface area contributed by atoms with Gasteiger partial charge in [-0.15, -0.1) is 0 Å². The Kier molecular flexibility index (Phi) is 3.51. The van der Waals surface area contributed by atoms with Crippen molar-refractivity contribution < 1.29 is 4.42 Å². The van der Waals surface area contributed by atoms with Gasteiger partial charge in [-0.25, -0.2) is 4.98 Å². The molecule has 1 atom stereocenters. The molecule has 0 aliphatic carbocycles. The molecule has 1 aliphatic rings. The number of hydrogen-bond donors (Lipinski definition) is 1. The van der Waals surface area contributed by atoms with E-state index in [2.05, 4.69) is 40.2 Å². The van der Waals surface area contributed by atoms with Crippen molar-refractivity contribution in [1.29, 1.82) is 0 Å². The third-order valence-corrected chi connectivity index (χ3v) is 3.70. The number of aromatic nitrogens is 1. The number of anilines is 1. The summed E-state index contributed by atoms with van der Waals surface area (Å²) in [6.45, 7) is 3.17. The zero-order valence-electron chi connectivity index (χ0n) is 11.0. The number of piperidine rings is 1. The summed E-state index contributed by atoms with van der Waals surface area (Å²) in [4.78, 5) is 6.47. The summed E-state index contributed by atoms with van der Waals surface area (Å²) in [5.74, 6) is 1.34. The summed E-state index contributed by atoms with van der Waals surface area (Å²) in [6, 6.07) is 10.9. The van der Waals surface area contributed by atoms with Crippen LogP contribution in [0.15, 0.2) is 40.9 Å². The number of hydrogen-bond acceptors (Lipinski definition) is 4. The fraction of sp³-hybridized carbons (Fsp3) is 0.400. The van der Waals surface area contributed by atoms with Crippen LogP contribution in [0, 0.1) is 0 Å². The van der Waals surface area contributed by atoms with E-state index in [9.17, 15) is 0 Å². The summed E-state index contributed by atoms with van der Waals surface area (Å²) in [5, 5.41) is 0. The Hall–Kier alpha value is -1.81. The molecule has 1 aromatic heterocycles.